The lowest BCUT2D eigenvalue weighted by Gasteiger charge is -2.58. The first-order chi connectivity index (χ1) is 15.0. The van der Waals surface area contributed by atoms with Gasteiger partial charge >= 0.3 is 5.97 Å². The van der Waals surface area contributed by atoms with Crippen molar-refractivity contribution in [3.8, 4) is 0 Å². The maximum absolute atomic E-state index is 11.4. The van der Waals surface area contributed by atoms with E-state index in [4.69, 9.17) is 4.74 Å². The number of aliphatic hydroxyl groups excluding tert-OH is 1. The smallest absolute Gasteiger partial charge is 0.303 e. The average Bonchev–Trinajstić information content (AvgIpc) is 3.04. The fourth-order valence-electron chi connectivity index (χ4n) is 9.11. The van der Waals surface area contributed by atoms with E-state index in [0.717, 1.165) is 55.3 Å². The molecule has 0 aliphatic heterocycles. The highest BCUT2D eigenvalue weighted by Gasteiger charge is 2.59. The van der Waals surface area contributed by atoms with Gasteiger partial charge in [-0.15, -0.1) is 0 Å². The zero-order valence-electron chi connectivity index (χ0n) is 21.6. The Hall–Kier alpha value is -0.830. The molecule has 4 aliphatic rings. The third kappa shape index (κ3) is 4.32. The standard InChI is InChI=1S/C29H48O3/c1-19(8-7-15-27(3,4)32-20(2)30)24-11-12-25-23-10-9-21-18-22(31)13-16-28(21,5)26(23)14-17-29(24,25)6/h9,19,22-26,31H,7-8,10-18H2,1-6H3/t19-,22?,23+,24-,25+,26+,28+,29-/m1/s1. The van der Waals surface area contributed by atoms with E-state index in [1.54, 1.807) is 5.57 Å². The van der Waals surface area contributed by atoms with Gasteiger partial charge in [-0.1, -0.05) is 38.8 Å². The van der Waals surface area contributed by atoms with Crippen LogP contribution in [0.5, 0.6) is 0 Å². The predicted molar refractivity (Wildman–Crippen MR) is 130 cm³/mol. The number of ether oxygens (including phenoxy) is 1. The van der Waals surface area contributed by atoms with Crippen molar-refractivity contribution in [2.24, 2.45) is 40.4 Å². The number of rotatable bonds is 6. The zero-order chi connectivity index (χ0) is 23.3. The normalized spacial score (nSPS) is 42.3. The van der Waals surface area contributed by atoms with Crippen molar-refractivity contribution in [1.29, 1.82) is 0 Å². The van der Waals surface area contributed by atoms with Crippen molar-refractivity contribution in [1.82, 2.24) is 0 Å². The van der Waals surface area contributed by atoms with E-state index in [1.165, 1.54) is 51.9 Å². The van der Waals surface area contributed by atoms with Crippen molar-refractivity contribution >= 4 is 5.97 Å². The summed E-state index contributed by atoms with van der Waals surface area (Å²) in [6.45, 7) is 13.3. The molecule has 1 unspecified atom stereocenters. The quantitative estimate of drug-likeness (QED) is 0.352. The van der Waals surface area contributed by atoms with Gasteiger partial charge in [0.15, 0.2) is 0 Å². The third-order valence-electron chi connectivity index (χ3n) is 10.7. The Kier molecular flexibility index (Phi) is 6.64. The van der Waals surface area contributed by atoms with Crippen LogP contribution in [-0.4, -0.2) is 22.8 Å². The van der Waals surface area contributed by atoms with Crippen molar-refractivity contribution in [3.05, 3.63) is 11.6 Å². The summed E-state index contributed by atoms with van der Waals surface area (Å²) >= 11 is 0. The second kappa shape index (κ2) is 8.75. The summed E-state index contributed by atoms with van der Waals surface area (Å²) in [5, 5.41) is 10.2. The van der Waals surface area contributed by atoms with Gasteiger partial charge in [-0.05, 0) is 118 Å². The van der Waals surface area contributed by atoms with Crippen molar-refractivity contribution in [2.75, 3.05) is 0 Å². The third-order valence-corrected chi connectivity index (χ3v) is 10.7. The van der Waals surface area contributed by atoms with Crippen LogP contribution in [0.1, 0.15) is 112 Å². The van der Waals surface area contributed by atoms with Crippen molar-refractivity contribution in [2.45, 2.75) is 124 Å². The number of hydrogen-bond donors (Lipinski definition) is 1. The molecule has 0 amide bonds. The van der Waals surface area contributed by atoms with Gasteiger partial charge in [0.1, 0.15) is 5.60 Å². The van der Waals surface area contributed by atoms with Gasteiger partial charge in [-0.25, -0.2) is 0 Å². The fourth-order valence-corrected chi connectivity index (χ4v) is 9.11. The molecule has 4 aliphatic carbocycles. The number of hydrogen-bond acceptors (Lipinski definition) is 3. The lowest BCUT2D eigenvalue weighted by molar-refractivity contribution is -0.154. The van der Waals surface area contributed by atoms with Crippen LogP contribution in [0.15, 0.2) is 11.6 Å². The summed E-state index contributed by atoms with van der Waals surface area (Å²) in [6.07, 6.45) is 15.7. The summed E-state index contributed by atoms with van der Waals surface area (Å²) in [6, 6.07) is 0. The summed E-state index contributed by atoms with van der Waals surface area (Å²) in [5.74, 6) is 3.94. The Labute approximate surface area is 196 Å². The minimum absolute atomic E-state index is 0.109. The molecule has 1 N–H and O–H groups in total. The lowest BCUT2D eigenvalue weighted by Crippen LogP contribution is -2.50. The van der Waals surface area contributed by atoms with Crippen LogP contribution in [0.25, 0.3) is 0 Å². The molecular formula is C29H48O3. The van der Waals surface area contributed by atoms with E-state index >= 15 is 0 Å². The molecule has 8 atom stereocenters. The highest BCUT2D eigenvalue weighted by atomic mass is 16.6. The van der Waals surface area contributed by atoms with E-state index in [2.05, 4.69) is 26.8 Å². The first kappa shape index (κ1) is 24.3. The van der Waals surface area contributed by atoms with Gasteiger partial charge < -0.3 is 9.84 Å². The molecule has 0 bridgehead atoms. The Bertz CT molecular complexity index is 739. The van der Waals surface area contributed by atoms with Gasteiger partial charge in [0.25, 0.3) is 0 Å². The minimum Gasteiger partial charge on any atom is -0.460 e. The van der Waals surface area contributed by atoms with E-state index in [-0.39, 0.29) is 17.7 Å². The van der Waals surface area contributed by atoms with Gasteiger partial charge in [0.2, 0.25) is 0 Å². The van der Waals surface area contributed by atoms with Crippen LogP contribution >= 0.6 is 0 Å². The SMILES string of the molecule is CC(=O)OC(C)(C)CCC[C@@H](C)[C@H]1CC[C@H]2[C@@H]3CC=C4CC(O)CC[C@]4(C)[C@H]3CC[C@]12C. The Balaban J connectivity index is 1.41. The van der Waals surface area contributed by atoms with Gasteiger partial charge in [-0.2, -0.15) is 0 Å². The zero-order valence-corrected chi connectivity index (χ0v) is 21.6. The highest BCUT2D eigenvalue weighted by molar-refractivity contribution is 5.66. The Morgan fingerprint density at radius 1 is 1.19 bits per heavy atom. The predicted octanol–water partition coefficient (Wildman–Crippen LogP) is 7.07. The second-order valence-corrected chi connectivity index (χ2v) is 13.1. The number of carbonyl (C=O) groups is 1. The van der Waals surface area contributed by atoms with Gasteiger partial charge in [0, 0.05) is 6.92 Å². The molecule has 3 heteroatoms. The molecule has 0 aromatic heterocycles. The average molecular weight is 445 g/mol. The fraction of sp³-hybridized carbons (Fsp3) is 0.897. The molecule has 0 aromatic carbocycles. The molecule has 32 heavy (non-hydrogen) atoms. The molecule has 0 radical (unpaired) electrons. The number of aliphatic hydroxyl groups is 1. The van der Waals surface area contributed by atoms with Crippen LogP contribution in [0, 0.1) is 40.4 Å². The van der Waals surface area contributed by atoms with Gasteiger partial charge in [-0.3, -0.25) is 4.79 Å². The van der Waals surface area contributed by atoms with E-state index < -0.39 is 0 Å². The minimum atomic E-state index is -0.346. The summed E-state index contributed by atoms with van der Waals surface area (Å²) in [5.41, 5.74) is 2.07. The molecular weight excluding hydrogens is 396 g/mol. The Morgan fingerprint density at radius 2 is 1.94 bits per heavy atom. The molecule has 0 saturated heterocycles. The first-order valence-electron chi connectivity index (χ1n) is 13.5. The summed E-state index contributed by atoms with van der Waals surface area (Å²) in [7, 11) is 0. The van der Waals surface area contributed by atoms with Crippen LogP contribution in [0.3, 0.4) is 0 Å². The number of fused-ring (bicyclic) bond motifs is 5. The molecule has 0 heterocycles. The molecule has 0 aromatic rings. The molecule has 3 fully saturated rings. The topological polar surface area (TPSA) is 46.5 Å². The number of esters is 1. The highest BCUT2D eigenvalue weighted by Crippen LogP contribution is 2.67. The summed E-state index contributed by atoms with van der Waals surface area (Å²) in [4.78, 5) is 11.4. The number of carbonyl (C=O) groups excluding carboxylic acids is 1. The lowest BCUT2D eigenvalue weighted by atomic mass is 9.47. The van der Waals surface area contributed by atoms with Crippen molar-refractivity contribution in [3.63, 3.8) is 0 Å². The molecule has 0 spiro atoms. The van der Waals surface area contributed by atoms with E-state index in [1.807, 2.05) is 13.8 Å². The summed E-state index contributed by atoms with van der Waals surface area (Å²) < 4.78 is 5.51. The molecule has 3 saturated carbocycles. The Morgan fingerprint density at radius 3 is 2.66 bits per heavy atom. The van der Waals surface area contributed by atoms with E-state index in [9.17, 15) is 9.90 Å². The maximum Gasteiger partial charge on any atom is 0.303 e. The van der Waals surface area contributed by atoms with E-state index in [0.29, 0.717) is 10.8 Å². The van der Waals surface area contributed by atoms with Crippen LogP contribution in [0.2, 0.25) is 0 Å². The maximum atomic E-state index is 11.4. The van der Waals surface area contributed by atoms with Crippen LogP contribution in [-0.2, 0) is 9.53 Å². The van der Waals surface area contributed by atoms with Gasteiger partial charge in [0.05, 0.1) is 6.10 Å². The first-order valence-corrected chi connectivity index (χ1v) is 13.5. The molecule has 182 valence electrons. The van der Waals surface area contributed by atoms with Crippen molar-refractivity contribution < 1.29 is 14.6 Å². The molecule has 4 rings (SSSR count). The van der Waals surface area contributed by atoms with Crippen LogP contribution in [0.4, 0.5) is 0 Å². The largest absolute Gasteiger partial charge is 0.460 e. The number of allylic oxidation sites excluding steroid dienone is 1. The monoisotopic (exact) mass is 444 g/mol. The second-order valence-electron chi connectivity index (χ2n) is 13.1. The molecule has 3 nitrogen and oxygen atoms in total. The van der Waals surface area contributed by atoms with Crippen LogP contribution < -0.4 is 0 Å².